The van der Waals surface area contributed by atoms with Crippen LogP contribution >= 0.6 is 0 Å². The first kappa shape index (κ1) is 36.0. The van der Waals surface area contributed by atoms with E-state index in [9.17, 15) is 0 Å². The molecule has 8 nitrogen and oxygen atoms in total. The van der Waals surface area contributed by atoms with Gasteiger partial charge in [0.15, 0.2) is 0 Å². The average molecular weight is 589 g/mol. The number of hydrogen-bond acceptors (Lipinski definition) is 3. The summed E-state index contributed by atoms with van der Waals surface area (Å²) in [6, 6.07) is 0. The Labute approximate surface area is 180 Å². The molecule has 14 heavy (non-hydrogen) atoms. The molecule has 0 amide bonds. The molecule has 0 aromatic rings. The van der Waals surface area contributed by atoms with Gasteiger partial charge in [0.2, 0.25) is 0 Å². The summed E-state index contributed by atoms with van der Waals surface area (Å²) in [6.07, 6.45) is -3.67. The Bertz CT molecular complexity index is 107. The zero-order chi connectivity index (χ0) is 9.86. The average Bonchev–Trinajstić information content (AvgIpc) is 1.60. The fraction of sp³-hybridized carbons (Fsp3) is 0. The van der Waals surface area contributed by atoms with Crippen LogP contribution in [0.2, 0.25) is 0 Å². The largest absolute Gasteiger partial charge is 0.665 e. The summed E-state index contributed by atoms with van der Waals surface area (Å²) in [6.45, 7) is 0.500. The van der Waals surface area contributed by atoms with Crippen molar-refractivity contribution in [3.05, 3.63) is 0 Å². The summed E-state index contributed by atoms with van der Waals surface area (Å²) in [4.78, 5) is 25.3. The number of rotatable bonds is 0. The molecule has 0 aromatic heterocycles. The van der Waals surface area contributed by atoms with Gasteiger partial charge in [-0.25, -0.2) is 9.59 Å². The maximum absolute atomic E-state index is 8.56. The van der Waals surface area contributed by atoms with E-state index in [0.717, 1.165) is 0 Å². The second-order valence-electron chi connectivity index (χ2n) is 0.656. The van der Waals surface area contributed by atoms with E-state index in [-0.39, 0.29) is 125 Å². The Balaban J connectivity index is -0.0000000156. The van der Waals surface area contributed by atoms with Crippen LogP contribution in [0.3, 0.4) is 0 Å². The molecule has 5 N–H and O–H groups in total. The minimum absolute atomic E-state index is 0. The molecule has 0 aliphatic rings. The molecule has 0 radical (unpaired) electrons. The second-order valence-corrected chi connectivity index (χ2v) is 0.656. The van der Waals surface area contributed by atoms with Gasteiger partial charge in [0.25, 0.3) is 0 Å². The molecule has 0 fully saturated rings. The van der Waals surface area contributed by atoms with E-state index in [2.05, 4.69) is 0 Å². The van der Waals surface area contributed by atoms with E-state index in [1.807, 2.05) is 0 Å². The number of carboxylic acid groups (broad SMARTS) is 4. The van der Waals surface area contributed by atoms with E-state index in [4.69, 9.17) is 39.9 Å². The first-order valence-electron chi connectivity index (χ1n) is 1.73. The molecule has 0 aromatic carbocycles. The zero-order valence-electron chi connectivity index (χ0n) is 6.46. The topological polar surface area (TPSA) is 152 Å². The Morgan fingerprint density at radius 2 is 0.786 bits per heavy atom. The van der Waals surface area contributed by atoms with Crippen LogP contribution in [0.5, 0.6) is 0 Å². The van der Waals surface area contributed by atoms with Crippen molar-refractivity contribution in [2.75, 3.05) is 0 Å². The van der Waals surface area contributed by atoms with Crippen molar-refractivity contribution in [2.24, 2.45) is 0 Å². The first-order chi connectivity index (χ1) is 4.88. The van der Waals surface area contributed by atoms with Crippen LogP contribution in [0.25, 0.3) is 0 Å². The van der Waals surface area contributed by atoms with Gasteiger partial charge in [0, 0.05) is 125 Å². The Morgan fingerprint density at radius 1 is 0.786 bits per heavy atom. The summed E-state index contributed by atoms with van der Waals surface area (Å²) in [5.41, 5.74) is 0. The van der Waals surface area contributed by atoms with Gasteiger partial charge in [-0.3, -0.25) is 0 Å². The van der Waals surface area contributed by atoms with E-state index in [1.165, 1.54) is 0 Å². The third kappa shape index (κ3) is 533. The molecule has 0 heterocycles. The minimum Gasteiger partial charge on any atom is -0.665 e. The molecule has 0 unspecified atom stereocenters. The summed E-state index contributed by atoms with van der Waals surface area (Å²) in [5.74, 6) is 0. The monoisotopic (exact) mass is 589 g/mol. The van der Waals surface area contributed by atoms with E-state index < -0.39 is 12.3 Å². The van der Waals surface area contributed by atoms with Gasteiger partial charge in [-0.1, -0.05) is 6.47 Å². The quantitative estimate of drug-likeness (QED) is 0.249. The third-order valence-electron chi connectivity index (χ3n) is 0. The van der Waals surface area contributed by atoms with Gasteiger partial charge in [-0.2, -0.15) is 0 Å². The molecular formula is C3H5Ce3O8-. The molecule has 0 aliphatic carbocycles. The number of aliphatic hydroxyl groups excluding tert-OH is 1. The molecule has 0 spiro atoms. The van der Waals surface area contributed by atoms with Gasteiger partial charge in [-0.15, -0.1) is 0 Å². The van der Waals surface area contributed by atoms with Gasteiger partial charge < -0.3 is 30.3 Å². The van der Waals surface area contributed by atoms with E-state index >= 15 is 0 Å². The summed E-state index contributed by atoms with van der Waals surface area (Å²) < 4.78 is 0. The van der Waals surface area contributed by atoms with Gasteiger partial charge >= 0.3 is 12.3 Å². The summed E-state index contributed by atoms with van der Waals surface area (Å²) >= 11 is 0. The fourth-order valence-electron chi connectivity index (χ4n) is 0. The van der Waals surface area contributed by atoms with Crippen LogP contribution in [-0.2, 0) is 4.79 Å². The maximum Gasteiger partial charge on any atom is 0.503 e. The van der Waals surface area contributed by atoms with Crippen LogP contribution < -0.4 is 0 Å². The Kier molecular flexibility index (Phi) is 93.1. The number of hydrogen-bond donors (Lipinski definition) is 5. The second kappa shape index (κ2) is 36.2. The van der Waals surface area contributed by atoms with Crippen LogP contribution in [-0.4, -0.2) is 44.3 Å². The van der Waals surface area contributed by atoms with Crippen molar-refractivity contribution in [2.45, 2.75) is 0 Å². The SMILES string of the molecule is O=C(O)O.O=C(O)O.O=[C-]O.[Ce].[Ce].[Ce]. The predicted octanol–water partition coefficient (Wildman–Crippen LogP) is 0.0564. The zero-order valence-corrected chi connectivity index (χ0v) is 15.9. The minimum atomic E-state index is -1.83. The van der Waals surface area contributed by atoms with Crippen LogP contribution in [0.15, 0.2) is 0 Å². The van der Waals surface area contributed by atoms with Crippen LogP contribution in [0.4, 0.5) is 9.59 Å². The molecule has 11 heteroatoms. The van der Waals surface area contributed by atoms with Gasteiger partial charge in [0.05, 0.1) is 0 Å². The van der Waals surface area contributed by atoms with E-state index in [1.54, 1.807) is 0 Å². The molecule has 0 atom stereocenters. The summed E-state index contributed by atoms with van der Waals surface area (Å²) in [5, 5.41) is 34.7. The maximum atomic E-state index is 8.56. The van der Waals surface area contributed by atoms with Crippen molar-refractivity contribution in [1.29, 1.82) is 0 Å². The van der Waals surface area contributed by atoms with Gasteiger partial charge in [0.1, 0.15) is 0 Å². The Hall–Kier alpha value is 2.14. The molecule has 0 saturated carbocycles. The van der Waals surface area contributed by atoms with Crippen molar-refractivity contribution in [3.8, 4) is 0 Å². The molecular weight excluding hydrogens is 584 g/mol. The van der Waals surface area contributed by atoms with Crippen molar-refractivity contribution < 1.29 is 165 Å². The molecule has 0 rings (SSSR count). The van der Waals surface area contributed by atoms with Gasteiger partial charge in [-0.05, 0) is 0 Å². The first-order valence-corrected chi connectivity index (χ1v) is 1.73. The van der Waals surface area contributed by atoms with Crippen LogP contribution in [0.1, 0.15) is 0 Å². The standard InChI is InChI=1S/2CH2O3.CHO2.3Ce/c2*2-1(3)4;2-1-3;;;/h2*(H2,2,3,4);(H,2,3);;;/q;;-1;;;. The predicted molar refractivity (Wildman–Crippen MR) is 29.6 cm³/mol. The van der Waals surface area contributed by atoms with Crippen LogP contribution in [0, 0.1) is 125 Å². The smallest absolute Gasteiger partial charge is 0.503 e. The molecule has 0 bridgehead atoms. The molecule has 78 valence electrons. The number of carbonyl (C=O) groups is 2. The Morgan fingerprint density at radius 3 is 0.786 bits per heavy atom. The molecule has 0 aliphatic heterocycles. The normalized spacial score (nSPS) is 4.29. The van der Waals surface area contributed by atoms with Crippen molar-refractivity contribution in [3.63, 3.8) is 0 Å². The molecule has 0 saturated heterocycles. The van der Waals surface area contributed by atoms with Crippen molar-refractivity contribution >= 4 is 18.8 Å². The van der Waals surface area contributed by atoms with Crippen molar-refractivity contribution in [1.82, 2.24) is 0 Å². The van der Waals surface area contributed by atoms with E-state index in [0.29, 0.717) is 6.47 Å². The third-order valence-corrected chi connectivity index (χ3v) is 0. The summed E-state index contributed by atoms with van der Waals surface area (Å²) in [7, 11) is 0. The fourth-order valence-corrected chi connectivity index (χ4v) is 0.